The van der Waals surface area contributed by atoms with Crippen LogP contribution in [0.5, 0.6) is 23.0 Å². The second-order valence-electron chi connectivity index (χ2n) is 9.96. The van der Waals surface area contributed by atoms with E-state index >= 15 is 0 Å². The van der Waals surface area contributed by atoms with E-state index in [4.69, 9.17) is 23.4 Å². The normalized spacial score (nSPS) is 12.2. The van der Waals surface area contributed by atoms with E-state index in [1.807, 2.05) is 45.0 Å². The van der Waals surface area contributed by atoms with Gasteiger partial charge < -0.3 is 33.2 Å². The summed E-state index contributed by atoms with van der Waals surface area (Å²) in [7, 11) is 3.18. The highest BCUT2D eigenvalue weighted by Crippen LogP contribution is 2.33. The minimum Gasteiger partial charge on any atom is -0.493 e. The van der Waals surface area contributed by atoms with Gasteiger partial charge in [0.2, 0.25) is 12.7 Å². The van der Waals surface area contributed by atoms with Crippen molar-refractivity contribution in [3.8, 4) is 23.0 Å². The summed E-state index contributed by atoms with van der Waals surface area (Å²) in [6.45, 7) is 6.46. The molecule has 0 saturated carbocycles. The first-order valence-corrected chi connectivity index (χ1v) is 12.4. The zero-order valence-electron chi connectivity index (χ0n) is 22.5. The minimum absolute atomic E-state index is 0.0938. The van der Waals surface area contributed by atoms with E-state index in [0.717, 1.165) is 5.56 Å². The van der Waals surface area contributed by atoms with Crippen molar-refractivity contribution in [3.63, 3.8) is 0 Å². The molecule has 38 heavy (non-hydrogen) atoms. The average Bonchev–Trinajstić information content (AvgIpc) is 3.59. The second kappa shape index (κ2) is 11.5. The fourth-order valence-corrected chi connectivity index (χ4v) is 4.22. The Balaban J connectivity index is 1.53. The van der Waals surface area contributed by atoms with Crippen molar-refractivity contribution in [2.45, 2.75) is 39.3 Å². The zero-order chi connectivity index (χ0) is 27.3. The molecular weight excluding hydrogens is 488 g/mol. The first-order chi connectivity index (χ1) is 18.2. The maximum absolute atomic E-state index is 13.7. The molecule has 0 saturated heterocycles. The average molecular weight is 523 g/mol. The summed E-state index contributed by atoms with van der Waals surface area (Å²) in [5, 5.41) is 0. The molecule has 0 N–H and O–H groups in total. The molecule has 2 amide bonds. The zero-order valence-corrected chi connectivity index (χ0v) is 22.5. The van der Waals surface area contributed by atoms with E-state index in [2.05, 4.69) is 0 Å². The van der Waals surface area contributed by atoms with Crippen molar-refractivity contribution >= 4 is 11.8 Å². The topological polar surface area (TPSA) is 90.7 Å². The van der Waals surface area contributed by atoms with Crippen LogP contribution >= 0.6 is 0 Å². The summed E-state index contributed by atoms with van der Waals surface area (Å²) >= 11 is 0. The lowest BCUT2D eigenvalue weighted by Crippen LogP contribution is -2.51. The predicted molar refractivity (Wildman–Crippen MR) is 141 cm³/mol. The molecule has 202 valence electrons. The van der Waals surface area contributed by atoms with Crippen molar-refractivity contribution < 1.29 is 33.0 Å². The fourth-order valence-electron chi connectivity index (χ4n) is 4.22. The number of hydrogen-bond donors (Lipinski definition) is 0. The Kier molecular flexibility index (Phi) is 8.14. The maximum Gasteiger partial charge on any atom is 0.254 e. The molecule has 1 aromatic heterocycles. The van der Waals surface area contributed by atoms with E-state index in [-0.39, 0.29) is 31.7 Å². The van der Waals surface area contributed by atoms with Crippen LogP contribution in [-0.4, -0.2) is 61.3 Å². The molecule has 9 heteroatoms. The van der Waals surface area contributed by atoms with Gasteiger partial charge in [0.05, 0.1) is 27.0 Å². The monoisotopic (exact) mass is 522 g/mol. The summed E-state index contributed by atoms with van der Waals surface area (Å²) in [5.74, 6) is 2.60. The van der Waals surface area contributed by atoms with Crippen LogP contribution in [0.15, 0.2) is 59.2 Å². The molecule has 2 heterocycles. The molecule has 1 aliphatic rings. The Morgan fingerprint density at radius 1 is 0.947 bits per heavy atom. The Hall–Kier alpha value is -4.14. The van der Waals surface area contributed by atoms with E-state index in [1.54, 1.807) is 54.5 Å². The smallest absolute Gasteiger partial charge is 0.254 e. The molecule has 0 spiro atoms. The standard InChI is InChI=1S/C29H34N2O7/c1-29(2,3)31(28(33)21-9-11-24-26(16-21)38-19-37-24)18-27(32)30(17-22-7-6-14-36-22)13-12-20-8-10-23(34-4)25(15-20)35-5/h6-11,14-16H,12-13,17-19H2,1-5H3. The number of nitrogens with zero attached hydrogens (tertiary/aromatic N) is 2. The Morgan fingerprint density at radius 2 is 1.71 bits per heavy atom. The van der Waals surface area contributed by atoms with Gasteiger partial charge >= 0.3 is 0 Å². The molecule has 3 aromatic rings. The number of furan rings is 1. The van der Waals surface area contributed by atoms with Crippen LogP contribution in [0.2, 0.25) is 0 Å². The molecule has 0 aliphatic carbocycles. The number of carbonyl (C=O) groups is 2. The third-order valence-electron chi connectivity index (χ3n) is 6.37. The Bertz CT molecular complexity index is 1260. The van der Waals surface area contributed by atoms with E-state index < -0.39 is 5.54 Å². The molecule has 9 nitrogen and oxygen atoms in total. The number of ether oxygens (including phenoxy) is 4. The number of amides is 2. The van der Waals surface area contributed by atoms with Crippen LogP contribution < -0.4 is 18.9 Å². The van der Waals surface area contributed by atoms with Gasteiger partial charge in [-0.2, -0.15) is 0 Å². The molecule has 4 rings (SSSR count). The van der Waals surface area contributed by atoms with Crippen molar-refractivity contribution in [1.29, 1.82) is 0 Å². The van der Waals surface area contributed by atoms with Crippen LogP contribution in [0.1, 0.15) is 42.5 Å². The van der Waals surface area contributed by atoms with Gasteiger partial charge in [-0.1, -0.05) is 6.07 Å². The minimum atomic E-state index is -0.608. The van der Waals surface area contributed by atoms with Gasteiger partial charge in [0.1, 0.15) is 12.3 Å². The third-order valence-corrected chi connectivity index (χ3v) is 6.37. The lowest BCUT2D eigenvalue weighted by molar-refractivity contribution is -0.133. The quantitative estimate of drug-likeness (QED) is 0.386. The molecule has 0 atom stereocenters. The van der Waals surface area contributed by atoms with Crippen LogP contribution in [0.4, 0.5) is 0 Å². The van der Waals surface area contributed by atoms with Crippen LogP contribution in [0.3, 0.4) is 0 Å². The highest BCUT2D eigenvalue weighted by molar-refractivity contribution is 5.97. The van der Waals surface area contributed by atoms with Crippen LogP contribution in [0, 0.1) is 0 Å². The molecule has 0 radical (unpaired) electrons. The number of carbonyl (C=O) groups excluding carboxylic acids is 2. The largest absolute Gasteiger partial charge is 0.493 e. The number of methoxy groups -OCH3 is 2. The molecular formula is C29H34N2O7. The van der Waals surface area contributed by atoms with Crippen molar-refractivity contribution in [2.24, 2.45) is 0 Å². The number of fused-ring (bicyclic) bond motifs is 1. The van der Waals surface area contributed by atoms with Crippen LogP contribution in [0.25, 0.3) is 0 Å². The van der Waals surface area contributed by atoms with E-state index in [0.29, 0.717) is 47.3 Å². The number of benzene rings is 2. The predicted octanol–water partition coefficient (Wildman–Crippen LogP) is 4.54. The lowest BCUT2D eigenvalue weighted by Gasteiger charge is -2.36. The fraction of sp³-hybridized carbons (Fsp3) is 0.379. The van der Waals surface area contributed by atoms with Gasteiger partial charge in [-0.15, -0.1) is 0 Å². The molecule has 1 aliphatic heterocycles. The maximum atomic E-state index is 13.7. The second-order valence-corrected chi connectivity index (χ2v) is 9.96. The van der Waals surface area contributed by atoms with Gasteiger partial charge in [-0.25, -0.2) is 0 Å². The van der Waals surface area contributed by atoms with Crippen molar-refractivity contribution in [1.82, 2.24) is 9.80 Å². The van der Waals surface area contributed by atoms with Crippen molar-refractivity contribution in [3.05, 3.63) is 71.7 Å². The summed E-state index contributed by atoms with van der Waals surface area (Å²) in [5.41, 5.74) is 0.812. The van der Waals surface area contributed by atoms with Gasteiger partial charge in [0.25, 0.3) is 5.91 Å². The van der Waals surface area contributed by atoms with Gasteiger partial charge in [-0.05, 0) is 75.2 Å². The molecule has 2 aromatic carbocycles. The van der Waals surface area contributed by atoms with Gasteiger partial charge in [-0.3, -0.25) is 9.59 Å². The van der Waals surface area contributed by atoms with Gasteiger partial charge in [0.15, 0.2) is 23.0 Å². The summed E-state index contributed by atoms with van der Waals surface area (Å²) in [6.07, 6.45) is 2.16. The highest BCUT2D eigenvalue weighted by atomic mass is 16.7. The first-order valence-electron chi connectivity index (χ1n) is 12.4. The Labute approximate surface area is 222 Å². The SMILES string of the molecule is COc1ccc(CCN(Cc2ccco2)C(=O)CN(C(=O)c2ccc3c(c2)OCO3)C(C)(C)C)cc1OC. The van der Waals surface area contributed by atoms with Crippen molar-refractivity contribution in [2.75, 3.05) is 34.1 Å². The number of hydrogen-bond acceptors (Lipinski definition) is 7. The third kappa shape index (κ3) is 6.22. The van der Waals surface area contributed by atoms with E-state index in [9.17, 15) is 9.59 Å². The van der Waals surface area contributed by atoms with Crippen LogP contribution in [-0.2, 0) is 17.8 Å². The summed E-state index contributed by atoms with van der Waals surface area (Å²) < 4.78 is 27.1. The summed E-state index contributed by atoms with van der Waals surface area (Å²) in [4.78, 5) is 30.6. The molecule has 0 bridgehead atoms. The Morgan fingerprint density at radius 3 is 2.39 bits per heavy atom. The number of rotatable bonds is 10. The summed E-state index contributed by atoms with van der Waals surface area (Å²) in [6, 6.07) is 14.4. The molecule has 0 unspecified atom stereocenters. The molecule has 0 fully saturated rings. The highest BCUT2D eigenvalue weighted by Gasteiger charge is 2.32. The van der Waals surface area contributed by atoms with E-state index in [1.165, 1.54) is 0 Å². The van der Waals surface area contributed by atoms with Gasteiger partial charge in [0, 0.05) is 17.6 Å². The lowest BCUT2D eigenvalue weighted by atomic mass is 10.0. The first kappa shape index (κ1) is 26.9.